The Balaban J connectivity index is 3.42. The van der Waals surface area contributed by atoms with Gasteiger partial charge in [-0.2, -0.15) is 0 Å². The Kier molecular flexibility index (Phi) is 14.8. The zero-order valence-electron chi connectivity index (χ0n) is 13.1. The van der Waals surface area contributed by atoms with E-state index in [1.165, 1.54) is 0 Å². The molecule has 0 rings (SSSR count). The molecule has 0 spiro atoms. The molecule has 22 heavy (non-hydrogen) atoms. The molecular formula is C14H30O6S2. The van der Waals surface area contributed by atoms with Crippen molar-refractivity contribution >= 4 is 19.7 Å². The van der Waals surface area contributed by atoms with Gasteiger partial charge in [0, 0.05) is 5.75 Å². The molecule has 4 unspecified atom stereocenters. The Morgan fingerprint density at radius 2 is 1.18 bits per heavy atom. The smallest absolute Gasteiger partial charge is 0.113 e. The van der Waals surface area contributed by atoms with E-state index < -0.39 is 38.5 Å². The highest BCUT2D eigenvalue weighted by atomic mass is 33.1. The van der Waals surface area contributed by atoms with Gasteiger partial charge >= 0.3 is 0 Å². The second-order valence-corrected chi connectivity index (χ2v) is 9.60. The van der Waals surface area contributed by atoms with Gasteiger partial charge in [0.25, 0.3) is 0 Å². The van der Waals surface area contributed by atoms with Gasteiger partial charge in [0.05, 0.1) is 31.2 Å². The van der Waals surface area contributed by atoms with Crippen molar-refractivity contribution in [1.82, 2.24) is 0 Å². The highest BCUT2D eigenvalue weighted by Gasteiger charge is 2.14. The standard InChI is InChI=1S/C14H30O6S2/c15-10-13(17)8-6-4-2-1-3-5-7-9-21(19)22(20)12-14(18)11-16/h13-18H,1-12H2. The maximum Gasteiger partial charge on any atom is 0.113 e. The van der Waals surface area contributed by atoms with Gasteiger partial charge < -0.3 is 20.4 Å². The molecule has 0 heterocycles. The molecule has 0 radical (unpaired) electrons. The normalized spacial score (nSPS) is 17.1. The van der Waals surface area contributed by atoms with E-state index in [1.54, 1.807) is 0 Å². The average molecular weight is 359 g/mol. The lowest BCUT2D eigenvalue weighted by Gasteiger charge is -2.07. The first-order valence-electron chi connectivity index (χ1n) is 7.86. The SMILES string of the molecule is O=S(CCCCCCCCCC(O)CO)S(=O)CC(O)CO. The zero-order chi connectivity index (χ0) is 16.8. The van der Waals surface area contributed by atoms with E-state index in [4.69, 9.17) is 20.4 Å². The van der Waals surface area contributed by atoms with E-state index >= 15 is 0 Å². The largest absolute Gasteiger partial charge is 0.394 e. The maximum atomic E-state index is 11.6. The Morgan fingerprint density at radius 3 is 1.73 bits per heavy atom. The number of aliphatic hydroxyl groups excluding tert-OH is 4. The van der Waals surface area contributed by atoms with Crippen molar-refractivity contribution in [3.63, 3.8) is 0 Å². The van der Waals surface area contributed by atoms with Crippen molar-refractivity contribution in [1.29, 1.82) is 0 Å². The van der Waals surface area contributed by atoms with Crippen LogP contribution in [-0.2, 0) is 19.7 Å². The Labute approximate surface area is 137 Å². The van der Waals surface area contributed by atoms with E-state index in [0.717, 1.165) is 44.9 Å². The second-order valence-electron chi connectivity index (χ2n) is 5.41. The lowest BCUT2D eigenvalue weighted by molar-refractivity contribution is 0.0860. The minimum atomic E-state index is -1.59. The number of aliphatic hydroxyl groups is 4. The molecule has 0 aliphatic rings. The molecule has 6 nitrogen and oxygen atoms in total. The van der Waals surface area contributed by atoms with Crippen molar-refractivity contribution in [3.05, 3.63) is 0 Å². The molecule has 4 atom stereocenters. The Morgan fingerprint density at radius 1 is 0.682 bits per heavy atom. The molecule has 0 aromatic heterocycles. The first-order chi connectivity index (χ1) is 10.5. The van der Waals surface area contributed by atoms with Crippen LogP contribution in [0.2, 0.25) is 0 Å². The first kappa shape index (κ1) is 22.1. The van der Waals surface area contributed by atoms with Crippen molar-refractivity contribution in [3.8, 4) is 0 Å². The molecular weight excluding hydrogens is 328 g/mol. The summed E-state index contributed by atoms with van der Waals surface area (Å²) >= 11 is 0. The van der Waals surface area contributed by atoms with Gasteiger partial charge in [-0.3, -0.25) is 0 Å². The van der Waals surface area contributed by atoms with E-state index in [9.17, 15) is 8.42 Å². The third-order valence-corrected chi connectivity index (χ3v) is 7.15. The number of unbranched alkanes of at least 4 members (excludes halogenated alkanes) is 6. The number of hydrogen-bond donors (Lipinski definition) is 4. The minimum Gasteiger partial charge on any atom is -0.394 e. The van der Waals surface area contributed by atoms with Crippen molar-refractivity contribution in [2.75, 3.05) is 24.7 Å². The van der Waals surface area contributed by atoms with Gasteiger partial charge in [-0.15, -0.1) is 0 Å². The van der Waals surface area contributed by atoms with Gasteiger partial charge in [-0.05, 0) is 12.8 Å². The number of rotatable bonds is 15. The van der Waals surface area contributed by atoms with Gasteiger partial charge in [0.2, 0.25) is 0 Å². The summed E-state index contributed by atoms with van der Waals surface area (Å²) in [5.41, 5.74) is 0. The van der Waals surface area contributed by atoms with Crippen LogP contribution < -0.4 is 0 Å². The maximum absolute atomic E-state index is 11.6. The summed E-state index contributed by atoms with van der Waals surface area (Å²) in [6.07, 6.45) is 5.80. The van der Waals surface area contributed by atoms with Gasteiger partial charge in [-0.25, -0.2) is 8.42 Å². The molecule has 4 N–H and O–H groups in total. The quantitative estimate of drug-likeness (QED) is 0.246. The van der Waals surface area contributed by atoms with E-state index in [2.05, 4.69) is 0 Å². The van der Waals surface area contributed by atoms with Crippen LogP contribution in [0.5, 0.6) is 0 Å². The van der Waals surface area contributed by atoms with Crippen LogP contribution in [0, 0.1) is 0 Å². The zero-order valence-corrected chi connectivity index (χ0v) is 14.7. The summed E-state index contributed by atoms with van der Waals surface area (Å²) in [6, 6.07) is 0. The fraction of sp³-hybridized carbons (Fsp3) is 1.00. The number of hydrogen-bond acceptors (Lipinski definition) is 6. The topological polar surface area (TPSA) is 115 Å². The summed E-state index contributed by atoms with van der Waals surface area (Å²) in [4.78, 5) is 0. The van der Waals surface area contributed by atoms with E-state index in [-0.39, 0.29) is 12.4 Å². The monoisotopic (exact) mass is 358 g/mol. The predicted molar refractivity (Wildman–Crippen MR) is 89.1 cm³/mol. The van der Waals surface area contributed by atoms with Crippen LogP contribution in [-0.4, -0.2) is 65.8 Å². The van der Waals surface area contributed by atoms with Crippen LogP contribution in [0.1, 0.15) is 51.4 Å². The predicted octanol–water partition coefficient (Wildman–Crippen LogP) is 0.226. The van der Waals surface area contributed by atoms with Crippen LogP contribution in [0.25, 0.3) is 0 Å². The molecule has 134 valence electrons. The Hall–Kier alpha value is 0.140. The summed E-state index contributed by atoms with van der Waals surface area (Å²) in [5, 5.41) is 35.6. The summed E-state index contributed by atoms with van der Waals surface area (Å²) in [6.45, 7) is -0.633. The molecule has 0 aromatic carbocycles. The fourth-order valence-electron chi connectivity index (χ4n) is 1.95. The van der Waals surface area contributed by atoms with Gasteiger partial charge in [0.15, 0.2) is 0 Å². The molecule has 0 saturated carbocycles. The highest BCUT2D eigenvalue weighted by molar-refractivity contribution is 8.61. The lowest BCUT2D eigenvalue weighted by atomic mass is 10.1. The van der Waals surface area contributed by atoms with Crippen molar-refractivity contribution in [2.24, 2.45) is 0 Å². The average Bonchev–Trinajstić information content (AvgIpc) is 2.52. The summed E-state index contributed by atoms with van der Waals surface area (Å²) < 4.78 is 23.2. The lowest BCUT2D eigenvalue weighted by Crippen LogP contribution is -2.23. The first-order valence-corrected chi connectivity index (χ1v) is 11.0. The van der Waals surface area contributed by atoms with Crippen LogP contribution in [0.15, 0.2) is 0 Å². The fourth-order valence-corrected chi connectivity index (χ4v) is 4.99. The molecule has 8 heteroatoms. The van der Waals surface area contributed by atoms with Crippen LogP contribution in [0.4, 0.5) is 0 Å². The van der Waals surface area contributed by atoms with Crippen molar-refractivity contribution in [2.45, 2.75) is 63.6 Å². The molecule has 0 aliphatic carbocycles. The molecule has 0 amide bonds. The van der Waals surface area contributed by atoms with Crippen molar-refractivity contribution < 1.29 is 28.8 Å². The summed E-state index contributed by atoms with van der Waals surface area (Å²) in [7, 11) is -3.05. The van der Waals surface area contributed by atoms with E-state index in [0.29, 0.717) is 12.2 Å². The second kappa shape index (κ2) is 14.7. The third kappa shape index (κ3) is 12.7. The molecule has 0 saturated heterocycles. The molecule has 0 aromatic rings. The highest BCUT2D eigenvalue weighted by Crippen LogP contribution is 2.10. The molecule has 0 bridgehead atoms. The van der Waals surface area contributed by atoms with Gasteiger partial charge in [-0.1, -0.05) is 38.5 Å². The molecule has 0 fully saturated rings. The third-order valence-electron chi connectivity index (χ3n) is 3.31. The van der Waals surface area contributed by atoms with Gasteiger partial charge in [0.1, 0.15) is 19.7 Å². The van der Waals surface area contributed by atoms with Crippen LogP contribution in [0.3, 0.4) is 0 Å². The molecule has 0 aliphatic heterocycles. The van der Waals surface area contributed by atoms with E-state index in [1.807, 2.05) is 0 Å². The summed E-state index contributed by atoms with van der Waals surface area (Å²) in [5.74, 6) is 0.232. The minimum absolute atomic E-state index is 0.136. The Bertz CT molecular complexity index is 314. The van der Waals surface area contributed by atoms with Crippen LogP contribution >= 0.6 is 0 Å².